The number of aromatic hydroxyl groups is 1. The van der Waals surface area contributed by atoms with Crippen molar-refractivity contribution in [2.24, 2.45) is 0 Å². The average Bonchev–Trinajstić information content (AvgIpc) is 2.84. The number of benzene rings is 2. The molecule has 35 heavy (non-hydrogen) atoms. The number of phenolic OH excluding ortho intramolecular Hbond substituents is 1. The molecule has 188 valence electrons. The van der Waals surface area contributed by atoms with Gasteiger partial charge in [-0.15, -0.1) is 0 Å². The first-order valence-electron chi connectivity index (χ1n) is 11.8. The van der Waals surface area contributed by atoms with E-state index < -0.39 is 35.9 Å². The molecule has 3 rings (SSSR count). The zero-order valence-corrected chi connectivity index (χ0v) is 20.4. The Morgan fingerprint density at radius 3 is 2.54 bits per heavy atom. The van der Waals surface area contributed by atoms with Gasteiger partial charge in [0.05, 0.1) is 6.04 Å². The molecule has 0 saturated carbocycles. The number of phenols is 1. The Kier molecular flexibility index (Phi) is 8.84. The molecule has 0 aromatic heterocycles. The maximum atomic E-state index is 13.4. The molecule has 0 spiro atoms. The van der Waals surface area contributed by atoms with Crippen molar-refractivity contribution in [1.82, 2.24) is 20.9 Å². The average molecular weight is 483 g/mol. The second-order valence-electron chi connectivity index (χ2n) is 8.90. The van der Waals surface area contributed by atoms with Crippen LogP contribution in [0.5, 0.6) is 5.75 Å². The quantitative estimate of drug-likeness (QED) is 0.390. The Morgan fingerprint density at radius 2 is 1.86 bits per heavy atom. The summed E-state index contributed by atoms with van der Waals surface area (Å²) in [5.74, 6) is -1.88. The number of carboxylic acids is 1. The predicted molar refractivity (Wildman–Crippen MR) is 133 cm³/mol. The number of aliphatic carboxylic acids is 1. The van der Waals surface area contributed by atoms with Crippen molar-refractivity contribution in [3.63, 3.8) is 0 Å². The highest BCUT2D eigenvalue weighted by Gasteiger charge is 2.33. The minimum absolute atomic E-state index is 0.0783. The summed E-state index contributed by atoms with van der Waals surface area (Å²) in [4.78, 5) is 40.0. The number of carbonyl (C=O) groups is 3. The molecule has 0 unspecified atom stereocenters. The third kappa shape index (κ3) is 6.37. The normalized spacial score (nSPS) is 21.1. The number of hydrogen-bond acceptors (Lipinski definition) is 6. The molecule has 9 nitrogen and oxygen atoms in total. The van der Waals surface area contributed by atoms with E-state index in [1.807, 2.05) is 30.3 Å². The summed E-state index contributed by atoms with van der Waals surface area (Å²) in [5, 5.41) is 29.2. The van der Waals surface area contributed by atoms with Gasteiger partial charge >= 0.3 is 5.97 Å². The number of rotatable bonds is 6. The Morgan fingerprint density at radius 1 is 1.11 bits per heavy atom. The minimum atomic E-state index is -1.11. The predicted octanol–water partition coefficient (Wildman–Crippen LogP) is 1.14. The molecule has 2 amide bonds. The topological polar surface area (TPSA) is 131 Å². The fourth-order valence-corrected chi connectivity index (χ4v) is 4.38. The summed E-state index contributed by atoms with van der Waals surface area (Å²) in [7, 11) is 4.92. The van der Waals surface area contributed by atoms with Crippen molar-refractivity contribution < 1.29 is 24.6 Å². The SMILES string of the molecule is CNCCC[C@@H]1NC(=O)[C@@H](NC)Cc2cc(ccc2O)-c2cccc(c2)C[C@@H](C(=O)O)N(C)C1=O. The highest BCUT2D eigenvalue weighted by atomic mass is 16.4. The summed E-state index contributed by atoms with van der Waals surface area (Å²) >= 11 is 0. The highest BCUT2D eigenvalue weighted by molar-refractivity contribution is 5.92. The van der Waals surface area contributed by atoms with E-state index in [0.717, 1.165) is 16.7 Å². The maximum absolute atomic E-state index is 13.4. The molecule has 1 aliphatic heterocycles. The fraction of sp³-hybridized carbons (Fsp3) is 0.423. The molecule has 1 heterocycles. The van der Waals surface area contributed by atoms with Gasteiger partial charge in [0, 0.05) is 19.9 Å². The van der Waals surface area contributed by atoms with Crippen LogP contribution < -0.4 is 16.0 Å². The minimum Gasteiger partial charge on any atom is -0.508 e. The molecule has 1 aliphatic rings. The second kappa shape index (κ2) is 11.8. The summed E-state index contributed by atoms with van der Waals surface area (Å²) in [6.45, 7) is 0.647. The molecule has 4 bridgehead atoms. The third-order valence-electron chi connectivity index (χ3n) is 6.49. The smallest absolute Gasteiger partial charge is 0.326 e. The van der Waals surface area contributed by atoms with Crippen LogP contribution in [0.15, 0.2) is 42.5 Å². The van der Waals surface area contributed by atoms with Gasteiger partial charge in [0.2, 0.25) is 11.8 Å². The fourth-order valence-electron chi connectivity index (χ4n) is 4.38. The number of carbonyl (C=O) groups excluding carboxylic acids is 2. The lowest BCUT2D eigenvalue weighted by Gasteiger charge is -2.30. The standard InChI is InChI=1S/C26H34N4O5/c1-27-11-5-8-20-25(33)30(3)22(26(34)35)13-16-6-4-7-17(12-16)18-9-10-23(31)19(14-18)15-21(28-2)24(32)29-20/h4,6-7,9-10,12,14,20-22,27-28,31H,5,8,11,13,15H2,1-3H3,(H,29,32)(H,34,35)/t20-,21-,22-/m0/s1. The van der Waals surface area contributed by atoms with Crippen molar-refractivity contribution in [1.29, 1.82) is 0 Å². The van der Waals surface area contributed by atoms with Crippen molar-refractivity contribution in [2.45, 2.75) is 43.8 Å². The van der Waals surface area contributed by atoms with Crippen LogP contribution in [-0.2, 0) is 27.2 Å². The van der Waals surface area contributed by atoms with Crippen molar-refractivity contribution in [3.05, 3.63) is 53.6 Å². The molecule has 0 radical (unpaired) electrons. The van der Waals surface area contributed by atoms with Gasteiger partial charge in [-0.1, -0.05) is 30.3 Å². The summed E-state index contributed by atoms with van der Waals surface area (Å²) < 4.78 is 0. The number of fused-ring (bicyclic) bond motifs is 5. The number of carboxylic acid groups (broad SMARTS) is 1. The van der Waals surface area contributed by atoms with Crippen molar-refractivity contribution in [3.8, 4) is 16.9 Å². The van der Waals surface area contributed by atoms with Crippen LogP contribution in [0.25, 0.3) is 11.1 Å². The van der Waals surface area contributed by atoms with E-state index in [2.05, 4.69) is 16.0 Å². The van der Waals surface area contributed by atoms with E-state index in [4.69, 9.17) is 0 Å². The Balaban J connectivity index is 2.09. The van der Waals surface area contributed by atoms with Gasteiger partial charge < -0.3 is 31.1 Å². The van der Waals surface area contributed by atoms with Crippen LogP contribution in [0.1, 0.15) is 24.0 Å². The number of hydrogen-bond donors (Lipinski definition) is 5. The van der Waals surface area contributed by atoms with Crippen LogP contribution >= 0.6 is 0 Å². The van der Waals surface area contributed by atoms with Crippen LogP contribution in [0, 0.1) is 0 Å². The van der Waals surface area contributed by atoms with Crippen LogP contribution in [0.2, 0.25) is 0 Å². The zero-order valence-electron chi connectivity index (χ0n) is 20.4. The van der Waals surface area contributed by atoms with Gasteiger partial charge in [0.1, 0.15) is 17.8 Å². The summed E-state index contributed by atoms with van der Waals surface area (Å²) in [5.41, 5.74) is 3.05. The molecule has 2 aromatic carbocycles. The Bertz CT molecular complexity index is 1070. The molecule has 0 aliphatic carbocycles. The number of nitrogens with zero attached hydrogens (tertiary/aromatic N) is 1. The van der Waals surface area contributed by atoms with Crippen molar-refractivity contribution in [2.75, 3.05) is 27.7 Å². The van der Waals surface area contributed by atoms with Gasteiger partial charge in [0.25, 0.3) is 0 Å². The van der Waals surface area contributed by atoms with E-state index in [0.29, 0.717) is 24.9 Å². The molecule has 5 N–H and O–H groups in total. The first-order chi connectivity index (χ1) is 16.7. The van der Waals surface area contributed by atoms with Crippen molar-refractivity contribution >= 4 is 17.8 Å². The van der Waals surface area contributed by atoms with Crippen LogP contribution in [-0.4, -0.2) is 78.7 Å². The number of nitrogens with one attached hydrogen (secondary N) is 3. The molecule has 0 saturated heterocycles. The number of amides is 2. The van der Waals surface area contributed by atoms with E-state index in [-0.39, 0.29) is 18.6 Å². The molecule has 9 heteroatoms. The maximum Gasteiger partial charge on any atom is 0.326 e. The van der Waals surface area contributed by atoms with E-state index in [9.17, 15) is 24.6 Å². The lowest BCUT2D eigenvalue weighted by atomic mass is 9.96. The van der Waals surface area contributed by atoms with Crippen LogP contribution in [0.4, 0.5) is 0 Å². The summed E-state index contributed by atoms with van der Waals surface area (Å²) in [6.07, 6.45) is 1.31. The molecular formula is C26H34N4O5. The zero-order chi connectivity index (χ0) is 25.5. The van der Waals surface area contributed by atoms with E-state index >= 15 is 0 Å². The third-order valence-corrected chi connectivity index (χ3v) is 6.49. The lowest BCUT2D eigenvalue weighted by Crippen LogP contribution is -2.56. The molecule has 3 atom stereocenters. The van der Waals surface area contributed by atoms with Gasteiger partial charge in [-0.05, 0) is 67.9 Å². The number of likely N-dealkylation sites (N-methyl/N-ethyl adjacent to an activating group) is 2. The highest BCUT2D eigenvalue weighted by Crippen LogP contribution is 2.28. The lowest BCUT2D eigenvalue weighted by molar-refractivity contribution is -0.150. The van der Waals surface area contributed by atoms with Crippen LogP contribution in [0.3, 0.4) is 0 Å². The van der Waals surface area contributed by atoms with E-state index in [1.54, 1.807) is 26.2 Å². The molecular weight excluding hydrogens is 448 g/mol. The van der Waals surface area contributed by atoms with Gasteiger partial charge in [0.15, 0.2) is 0 Å². The Labute approximate surface area is 205 Å². The van der Waals surface area contributed by atoms with Gasteiger partial charge in [-0.3, -0.25) is 9.59 Å². The summed E-state index contributed by atoms with van der Waals surface area (Å²) in [6, 6.07) is 10.0. The first kappa shape index (κ1) is 26.2. The van der Waals surface area contributed by atoms with Gasteiger partial charge in [-0.2, -0.15) is 0 Å². The molecule has 2 aromatic rings. The van der Waals surface area contributed by atoms with Gasteiger partial charge in [-0.25, -0.2) is 4.79 Å². The second-order valence-corrected chi connectivity index (χ2v) is 8.90. The Hall–Kier alpha value is -3.43. The largest absolute Gasteiger partial charge is 0.508 e. The van der Waals surface area contributed by atoms with E-state index in [1.165, 1.54) is 11.9 Å². The first-order valence-corrected chi connectivity index (χ1v) is 11.8. The monoisotopic (exact) mass is 482 g/mol. The molecule has 0 fully saturated rings.